The lowest BCUT2D eigenvalue weighted by Gasteiger charge is -2.20. The summed E-state index contributed by atoms with van der Waals surface area (Å²) in [5.74, 6) is 0.622. The summed E-state index contributed by atoms with van der Waals surface area (Å²) in [4.78, 5) is 11.5. The average Bonchev–Trinajstić information content (AvgIpc) is 2.11. The second kappa shape index (κ2) is 7.72. The van der Waals surface area contributed by atoms with Gasteiger partial charge in [0.1, 0.15) is 0 Å². The number of hydrogen-bond donors (Lipinski definition) is 0. The highest BCUT2D eigenvalue weighted by Crippen LogP contribution is 2.21. The molecule has 0 spiro atoms. The van der Waals surface area contributed by atoms with Crippen LogP contribution in [-0.2, 0) is 9.53 Å². The van der Waals surface area contributed by atoms with Crippen LogP contribution < -0.4 is 0 Å². The Balaban J connectivity index is 0. The highest BCUT2D eigenvalue weighted by molar-refractivity contribution is 5.75. The molecular formula is C13H28O2. The third-order valence-electron chi connectivity index (χ3n) is 2.60. The summed E-state index contributed by atoms with van der Waals surface area (Å²) in [5, 5.41) is 0. The third-order valence-corrected chi connectivity index (χ3v) is 2.60. The molecule has 0 aromatic carbocycles. The Kier molecular flexibility index (Phi) is 8.69. The van der Waals surface area contributed by atoms with Crippen LogP contribution in [0.5, 0.6) is 0 Å². The van der Waals surface area contributed by atoms with Gasteiger partial charge in [-0.3, -0.25) is 4.79 Å². The monoisotopic (exact) mass is 216 g/mol. The lowest BCUT2D eigenvalue weighted by atomic mass is 9.91. The van der Waals surface area contributed by atoms with Crippen molar-refractivity contribution in [2.75, 3.05) is 6.61 Å². The van der Waals surface area contributed by atoms with Crippen molar-refractivity contribution < 1.29 is 9.53 Å². The van der Waals surface area contributed by atoms with Crippen molar-refractivity contribution in [3.8, 4) is 0 Å². The van der Waals surface area contributed by atoms with E-state index in [-0.39, 0.29) is 18.8 Å². The van der Waals surface area contributed by atoms with Crippen LogP contribution in [0.4, 0.5) is 0 Å². The molecule has 0 heterocycles. The van der Waals surface area contributed by atoms with Gasteiger partial charge in [-0.25, -0.2) is 0 Å². The number of esters is 1. The molecule has 0 unspecified atom stereocenters. The minimum absolute atomic E-state index is 0. The number of ether oxygens (including phenoxy) is 1. The van der Waals surface area contributed by atoms with Crippen LogP contribution in [-0.4, -0.2) is 12.6 Å². The summed E-state index contributed by atoms with van der Waals surface area (Å²) in [5.41, 5.74) is -0.322. The summed E-state index contributed by atoms with van der Waals surface area (Å²) in [6.45, 7) is 10.8. The van der Waals surface area contributed by atoms with Crippen LogP contribution in [0.25, 0.3) is 0 Å². The first-order valence-electron chi connectivity index (χ1n) is 5.57. The Hall–Kier alpha value is -0.530. The average molecular weight is 216 g/mol. The zero-order valence-corrected chi connectivity index (χ0v) is 10.2. The van der Waals surface area contributed by atoms with E-state index in [0.29, 0.717) is 12.5 Å². The van der Waals surface area contributed by atoms with Gasteiger partial charge in [-0.2, -0.15) is 0 Å². The van der Waals surface area contributed by atoms with Crippen LogP contribution in [0.15, 0.2) is 0 Å². The third kappa shape index (κ3) is 7.40. The summed E-state index contributed by atoms with van der Waals surface area (Å²) < 4.78 is 5.21. The van der Waals surface area contributed by atoms with E-state index in [1.807, 2.05) is 20.8 Å². The van der Waals surface area contributed by atoms with Crippen molar-refractivity contribution in [2.45, 2.75) is 61.3 Å². The lowest BCUT2D eigenvalue weighted by Crippen LogP contribution is -2.26. The Morgan fingerprint density at radius 2 is 1.87 bits per heavy atom. The van der Waals surface area contributed by atoms with Crippen LogP contribution in [0.3, 0.4) is 0 Å². The van der Waals surface area contributed by atoms with Crippen molar-refractivity contribution in [1.82, 2.24) is 0 Å². The molecule has 0 saturated heterocycles. The fraction of sp³-hybridized carbons (Fsp3) is 0.923. The van der Waals surface area contributed by atoms with Gasteiger partial charge in [-0.15, -0.1) is 0 Å². The van der Waals surface area contributed by atoms with E-state index >= 15 is 0 Å². The number of rotatable bonds is 6. The predicted molar refractivity (Wildman–Crippen MR) is 65.8 cm³/mol. The zero-order chi connectivity index (χ0) is 11.2. The zero-order valence-electron chi connectivity index (χ0n) is 10.2. The molecule has 0 atom stereocenters. The first kappa shape index (κ1) is 16.9. The van der Waals surface area contributed by atoms with Gasteiger partial charge in [0.15, 0.2) is 0 Å². The van der Waals surface area contributed by atoms with E-state index in [1.54, 1.807) is 0 Å². The molecule has 0 aliphatic heterocycles. The Morgan fingerprint density at radius 3 is 2.27 bits per heavy atom. The normalized spacial score (nSPS) is 11.1. The van der Waals surface area contributed by atoms with Gasteiger partial charge in [0, 0.05) is 0 Å². The minimum atomic E-state index is -0.322. The van der Waals surface area contributed by atoms with E-state index in [2.05, 4.69) is 13.8 Å². The summed E-state index contributed by atoms with van der Waals surface area (Å²) in [6, 6.07) is 0. The molecule has 0 amide bonds. The molecule has 2 nitrogen and oxygen atoms in total. The molecule has 92 valence electrons. The van der Waals surface area contributed by atoms with Gasteiger partial charge in [-0.05, 0) is 39.0 Å². The first-order valence-corrected chi connectivity index (χ1v) is 5.57. The van der Waals surface area contributed by atoms with Crippen molar-refractivity contribution in [3.05, 3.63) is 0 Å². The fourth-order valence-corrected chi connectivity index (χ4v) is 0.996. The van der Waals surface area contributed by atoms with E-state index < -0.39 is 0 Å². The molecule has 0 bridgehead atoms. The fourth-order valence-electron chi connectivity index (χ4n) is 0.996. The van der Waals surface area contributed by atoms with Crippen molar-refractivity contribution in [2.24, 2.45) is 11.3 Å². The van der Waals surface area contributed by atoms with Crippen LogP contribution in [0, 0.1) is 11.3 Å². The van der Waals surface area contributed by atoms with E-state index in [9.17, 15) is 4.79 Å². The van der Waals surface area contributed by atoms with E-state index in [0.717, 1.165) is 19.3 Å². The molecule has 2 heteroatoms. The molecule has 0 saturated carbocycles. The van der Waals surface area contributed by atoms with Gasteiger partial charge in [0.25, 0.3) is 0 Å². The highest BCUT2D eigenvalue weighted by Gasteiger charge is 2.26. The van der Waals surface area contributed by atoms with Gasteiger partial charge < -0.3 is 4.74 Å². The van der Waals surface area contributed by atoms with Crippen molar-refractivity contribution in [1.29, 1.82) is 0 Å². The largest absolute Gasteiger partial charge is 0.465 e. The van der Waals surface area contributed by atoms with Crippen LogP contribution in [0.2, 0.25) is 0 Å². The predicted octanol–water partition coefficient (Wildman–Crippen LogP) is 4.04. The molecule has 0 aliphatic rings. The molecule has 15 heavy (non-hydrogen) atoms. The SMILES string of the molecule is C.CCC(C)(C)C(=O)OCCCC(C)C. The van der Waals surface area contributed by atoms with Gasteiger partial charge in [0.05, 0.1) is 12.0 Å². The molecule has 0 aliphatic carbocycles. The summed E-state index contributed by atoms with van der Waals surface area (Å²) in [7, 11) is 0. The van der Waals surface area contributed by atoms with Gasteiger partial charge >= 0.3 is 5.97 Å². The molecule has 0 rings (SSSR count). The summed E-state index contributed by atoms with van der Waals surface area (Å²) in [6.07, 6.45) is 2.93. The molecule has 0 fully saturated rings. The number of carbonyl (C=O) groups excluding carboxylic acids is 1. The van der Waals surface area contributed by atoms with Crippen LogP contribution in [0.1, 0.15) is 61.3 Å². The number of carbonyl (C=O) groups is 1. The first-order chi connectivity index (χ1) is 6.40. The quantitative estimate of drug-likeness (QED) is 0.495. The van der Waals surface area contributed by atoms with Crippen molar-refractivity contribution >= 4 is 5.97 Å². The Labute approximate surface area is 95.4 Å². The maximum atomic E-state index is 11.5. The Morgan fingerprint density at radius 1 is 1.33 bits per heavy atom. The molecular weight excluding hydrogens is 188 g/mol. The molecule has 0 aromatic rings. The van der Waals surface area contributed by atoms with Gasteiger partial charge in [-0.1, -0.05) is 28.2 Å². The lowest BCUT2D eigenvalue weighted by molar-refractivity contribution is -0.154. The topological polar surface area (TPSA) is 26.3 Å². The number of hydrogen-bond acceptors (Lipinski definition) is 2. The highest BCUT2D eigenvalue weighted by atomic mass is 16.5. The minimum Gasteiger partial charge on any atom is -0.465 e. The van der Waals surface area contributed by atoms with Crippen LogP contribution >= 0.6 is 0 Å². The molecule has 0 radical (unpaired) electrons. The maximum absolute atomic E-state index is 11.5. The smallest absolute Gasteiger partial charge is 0.311 e. The molecule has 0 aromatic heterocycles. The van der Waals surface area contributed by atoms with Gasteiger partial charge in [0.2, 0.25) is 0 Å². The molecule has 0 N–H and O–H groups in total. The standard InChI is InChI=1S/C12H24O2.CH4/c1-6-12(4,5)11(13)14-9-7-8-10(2)3;/h10H,6-9H2,1-5H3;1H4. The Bertz CT molecular complexity index is 171. The van der Waals surface area contributed by atoms with E-state index in [1.165, 1.54) is 0 Å². The summed E-state index contributed by atoms with van der Waals surface area (Å²) >= 11 is 0. The van der Waals surface area contributed by atoms with Crippen molar-refractivity contribution in [3.63, 3.8) is 0 Å². The second-order valence-electron chi connectivity index (χ2n) is 4.91. The van der Waals surface area contributed by atoms with E-state index in [4.69, 9.17) is 4.74 Å². The second-order valence-corrected chi connectivity index (χ2v) is 4.91. The maximum Gasteiger partial charge on any atom is 0.311 e.